The molecule has 2 aromatic carbocycles. The summed E-state index contributed by atoms with van der Waals surface area (Å²) in [4.78, 5) is 4.47. The van der Waals surface area contributed by atoms with Crippen LogP contribution >= 0.6 is 11.6 Å². The number of halogens is 1. The summed E-state index contributed by atoms with van der Waals surface area (Å²) in [6.45, 7) is 7.09. The maximum atomic E-state index is 6.37. The molecular weight excluding hydrogens is 372 g/mol. The third-order valence-electron chi connectivity index (χ3n) is 4.35. The van der Waals surface area contributed by atoms with Crippen molar-refractivity contribution in [2.24, 2.45) is 0 Å². The highest BCUT2D eigenvalue weighted by Crippen LogP contribution is 2.32. The van der Waals surface area contributed by atoms with Gasteiger partial charge in [-0.3, -0.25) is 4.98 Å². The number of rotatable bonds is 8. The minimum Gasteiger partial charge on any atom is -0.354 e. The number of hydrogen-bond donors (Lipinski definition) is 1. The molecule has 0 spiro atoms. The maximum Gasteiger partial charge on any atom is 0.201 e. The number of anilines is 2. The lowest BCUT2D eigenvalue weighted by Crippen LogP contribution is -2.10. The Hall–Kier alpha value is -2.40. The van der Waals surface area contributed by atoms with Gasteiger partial charge in [0.1, 0.15) is 0 Å². The van der Waals surface area contributed by atoms with Crippen LogP contribution in [0.2, 0.25) is 5.02 Å². The summed E-state index contributed by atoms with van der Waals surface area (Å²) in [6.07, 6.45) is 1.36. The maximum absolute atomic E-state index is 6.37. The summed E-state index contributed by atoms with van der Waals surface area (Å²) < 4.78 is 11.2. The predicted molar refractivity (Wildman–Crippen MR) is 115 cm³/mol. The zero-order chi connectivity index (χ0) is 19.9. The van der Waals surface area contributed by atoms with E-state index in [0.29, 0.717) is 13.2 Å². The average Bonchev–Trinajstić information content (AvgIpc) is 2.70. The number of benzene rings is 2. The first-order valence-corrected chi connectivity index (χ1v) is 9.82. The van der Waals surface area contributed by atoms with Crippen molar-refractivity contribution in [1.82, 2.24) is 4.98 Å². The molecule has 0 amide bonds. The molecule has 0 saturated heterocycles. The lowest BCUT2D eigenvalue weighted by molar-refractivity contribution is -0.142. The van der Waals surface area contributed by atoms with E-state index in [0.717, 1.165) is 38.8 Å². The zero-order valence-corrected chi connectivity index (χ0v) is 17.2. The van der Waals surface area contributed by atoms with E-state index < -0.39 is 6.29 Å². The van der Waals surface area contributed by atoms with E-state index in [1.807, 2.05) is 50.2 Å². The number of aromatic nitrogens is 1. The molecule has 1 aromatic heterocycles. The smallest absolute Gasteiger partial charge is 0.201 e. The first-order chi connectivity index (χ1) is 13.6. The van der Waals surface area contributed by atoms with Crippen LogP contribution in [0.4, 0.5) is 11.4 Å². The number of nitrogens with zero attached hydrogens (tertiary/aromatic N) is 1. The van der Waals surface area contributed by atoms with Gasteiger partial charge in [-0.1, -0.05) is 35.9 Å². The topological polar surface area (TPSA) is 43.4 Å². The highest BCUT2D eigenvalue weighted by atomic mass is 35.5. The van der Waals surface area contributed by atoms with E-state index in [1.165, 1.54) is 0 Å². The largest absolute Gasteiger partial charge is 0.354 e. The molecule has 4 nitrogen and oxygen atoms in total. The van der Waals surface area contributed by atoms with Gasteiger partial charge in [0.05, 0.1) is 17.6 Å². The van der Waals surface area contributed by atoms with Gasteiger partial charge >= 0.3 is 0 Å². The SMILES string of the molecule is CCOC(OCC)c1ccc(Nc2ccc(-c3c(C)cccc3Cl)cc2)cn1. The highest BCUT2D eigenvalue weighted by molar-refractivity contribution is 6.33. The number of hydrogen-bond acceptors (Lipinski definition) is 4. The fraction of sp³-hybridized carbons (Fsp3) is 0.261. The van der Waals surface area contributed by atoms with Crippen molar-refractivity contribution in [2.45, 2.75) is 27.1 Å². The highest BCUT2D eigenvalue weighted by Gasteiger charge is 2.12. The van der Waals surface area contributed by atoms with Gasteiger partial charge in [0.2, 0.25) is 6.29 Å². The van der Waals surface area contributed by atoms with E-state index in [1.54, 1.807) is 6.20 Å². The van der Waals surface area contributed by atoms with Gasteiger partial charge in [-0.15, -0.1) is 0 Å². The van der Waals surface area contributed by atoms with E-state index in [9.17, 15) is 0 Å². The molecule has 28 heavy (non-hydrogen) atoms. The summed E-state index contributed by atoms with van der Waals surface area (Å²) in [5, 5.41) is 4.13. The molecule has 0 aliphatic heterocycles. The van der Waals surface area contributed by atoms with Gasteiger partial charge in [0.15, 0.2) is 0 Å². The summed E-state index contributed by atoms with van der Waals surface area (Å²) in [7, 11) is 0. The molecule has 0 atom stereocenters. The van der Waals surface area contributed by atoms with E-state index in [-0.39, 0.29) is 0 Å². The standard InChI is InChI=1S/C23H25ClN2O2/c1-4-27-23(28-5-2)21-14-13-19(15-25-21)26-18-11-9-17(10-12-18)22-16(3)7-6-8-20(22)24/h6-15,23,26H,4-5H2,1-3H3. The van der Waals surface area contributed by atoms with Crippen LogP contribution in [0.1, 0.15) is 31.4 Å². The second-order valence-electron chi connectivity index (χ2n) is 6.35. The fourth-order valence-electron chi connectivity index (χ4n) is 3.02. The Bertz CT molecular complexity index is 869. The van der Waals surface area contributed by atoms with Crippen molar-refractivity contribution in [3.8, 4) is 11.1 Å². The van der Waals surface area contributed by atoms with Gasteiger partial charge in [0, 0.05) is 29.5 Å². The van der Waals surface area contributed by atoms with E-state index >= 15 is 0 Å². The molecule has 1 heterocycles. The summed E-state index contributed by atoms with van der Waals surface area (Å²) >= 11 is 6.37. The lowest BCUT2D eigenvalue weighted by Gasteiger charge is -2.16. The molecule has 3 aromatic rings. The van der Waals surface area contributed by atoms with E-state index in [4.69, 9.17) is 21.1 Å². The fourth-order valence-corrected chi connectivity index (χ4v) is 3.36. The quantitative estimate of drug-likeness (QED) is 0.440. The Morgan fingerprint density at radius 1 is 0.929 bits per heavy atom. The van der Waals surface area contributed by atoms with Crippen LogP contribution < -0.4 is 5.32 Å². The van der Waals surface area contributed by atoms with Gasteiger partial charge < -0.3 is 14.8 Å². The molecule has 0 bridgehead atoms. The minimum absolute atomic E-state index is 0.429. The summed E-state index contributed by atoms with van der Waals surface area (Å²) in [6, 6.07) is 18.1. The van der Waals surface area contributed by atoms with Gasteiger partial charge in [-0.25, -0.2) is 0 Å². The Balaban J connectivity index is 1.72. The van der Waals surface area contributed by atoms with Crippen molar-refractivity contribution < 1.29 is 9.47 Å². The number of pyridine rings is 1. The number of aryl methyl sites for hydroxylation is 1. The predicted octanol–water partition coefficient (Wildman–Crippen LogP) is 6.53. The van der Waals surface area contributed by atoms with Crippen LogP contribution in [0.25, 0.3) is 11.1 Å². The molecule has 3 rings (SSSR count). The molecular formula is C23H25ClN2O2. The van der Waals surface area contributed by atoms with Crippen LogP contribution in [-0.2, 0) is 9.47 Å². The summed E-state index contributed by atoms with van der Waals surface area (Å²) in [5.41, 5.74) is 5.97. The van der Waals surface area contributed by atoms with Crippen LogP contribution in [0.15, 0.2) is 60.8 Å². The van der Waals surface area contributed by atoms with Gasteiger partial charge in [-0.2, -0.15) is 0 Å². The third kappa shape index (κ3) is 4.90. The first-order valence-electron chi connectivity index (χ1n) is 9.44. The Kier molecular flexibility index (Phi) is 7.04. The van der Waals surface area contributed by atoms with Crippen LogP contribution in [0.3, 0.4) is 0 Å². The van der Waals surface area contributed by atoms with Crippen LogP contribution in [0.5, 0.6) is 0 Å². The Morgan fingerprint density at radius 2 is 1.61 bits per heavy atom. The second kappa shape index (κ2) is 9.69. The molecule has 0 radical (unpaired) electrons. The number of nitrogens with one attached hydrogen (secondary N) is 1. The van der Waals surface area contributed by atoms with Crippen molar-refractivity contribution in [2.75, 3.05) is 18.5 Å². The van der Waals surface area contributed by atoms with Crippen molar-refractivity contribution in [1.29, 1.82) is 0 Å². The molecule has 5 heteroatoms. The second-order valence-corrected chi connectivity index (χ2v) is 6.76. The molecule has 0 fully saturated rings. The molecule has 0 aliphatic rings. The van der Waals surface area contributed by atoms with Crippen LogP contribution in [0, 0.1) is 6.92 Å². The van der Waals surface area contributed by atoms with Crippen molar-refractivity contribution >= 4 is 23.0 Å². The monoisotopic (exact) mass is 396 g/mol. The van der Waals surface area contributed by atoms with Crippen molar-refractivity contribution in [3.63, 3.8) is 0 Å². The minimum atomic E-state index is -0.429. The number of ether oxygens (including phenoxy) is 2. The molecule has 1 N–H and O–H groups in total. The van der Waals surface area contributed by atoms with E-state index in [2.05, 4.69) is 35.4 Å². The average molecular weight is 397 g/mol. The molecule has 0 saturated carbocycles. The lowest BCUT2D eigenvalue weighted by atomic mass is 10.0. The normalized spacial score (nSPS) is 11.0. The zero-order valence-electron chi connectivity index (χ0n) is 16.4. The van der Waals surface area contributed by atoms with Gasteiger partial charge in [0.25, 0.3) is 0 Å². The Labute approximate surface area is 171 Å². The molecule has 0 aliphatic carbocycles. The summed E-state index contributed by atoms with van der Waals surface area (Å²) in [5.74, 6) is 0. The molecule has 0 unspecified atom stereocenters. The third-order valence-corrected chi connectivity index (χ3v) is 4.66. The van der Waals surface area contributed by atoms with Crippen LogP contribution in [-0.4, -0.2) is 18.2 Å². The van der Waals surface area contributed by atoms with Crippen molar-refractivity contribution in [3.05, 3.63) is 77.1 Å². The van der Waals surface area contributed by atoms with Gasteiger partial charge in [-0.05, 0) is 62.2 Å². The Morgan fingerprint density at radius 3 is 2.18 bits per heavy atom. The molecule has 146 valence electrons. The first kappa shape index (κ1) is 20.3.